The third kappa shape index (κ3) is 2.69. The lowest BCUT2D eigenvalue weighted by atomic mass is 9.47. The fraction of sp³-hybridized carbons (Fsp3) is 0.636. The van der Waals surface area contributed by atoms with E-state index in [0.717, 1.165) is 38.2 Å². The van der Waals surface area contributed by atoms with E-state index in [-0.39, 0.29) is 29.9 Å². The van der Waals surface area contributed by atoms with Crippen molar-refractivity contribution in [1.82, 2.24) is 10.2 Å². The van der Waals surface area contributed by atoms with Crippen molar-refractivity contribution in [3.05, 3.63) is 35.4 Å². The summed E-state index contributed by atoms with van der Waals surface area (Å²) in [5.41, 5.74) is -1.02. The molecule has 156 valence electrons. The first-order valence-corrected chi connectivity index (χ1v) is 10.4. The molecule has 7 heteroatoms. The smallest absolute Gasteiger partial charge is 0.318 e. The molecule has 0 spiro atoms. The highest BCUT2D eigenvalue weighted by Crippen LogP contribution is 2.61. The van der Waals surface area contributed by atoms with Gasteiger partial charge in [-0.2, -0.15) is 0 Å². The summed E-state index contributed by atoms with van der Waals surface area (Å²) in [6.07, 6.45) is 4.44. The summed E-state index contributed by atoms with van der Waals surface area (Å²) in [5.74, 6) is -0.374. The van der Waals surface area contributed by atoms with E-state index < -0.39 is 22.6 Å². The first-order valence-electron chi connectivity index (χ1n) is 10.4. The van der Waals surface area contributed by atoms with E-state index in [4.69, 9.17) is 4.74 Å². The Labute approximate surface area is 168 Å². The highest BCUT2D eigenvalue weighted by molar-refractivity contribution is 5.80. The van der Waals surface area contributed by atoms with E-state index in [9.17, 15) is 18.4 Å². The van der Waals surface area contributed by atoms with Crippen LogP contribution in [0.5, 0.6) is 0 Å². The zero-order chi connectivity index (χ0) is 20.6. The number of hydrogen-bond acceptors (Lipinski definition) is 3. The lowest BCUT2D eigenvalue weighted by Crippen LogP contribution is -2.61. The molecule has 4 saturated carbocycles. The summed E-state index contributed by atoms with van der Waals surface area (Å²) < 4.78 is 32.9. The summed E-state index contributed by atoms with van der Waals surface area (Å²) in [4.78, 5) is 27.3. The van der Waals surface area contributed by atoms with Crippen molar-refractivity contribution < 1.29 is 23.1 Å². The van der Waals surface area contributed by atoms with Crippen LogP contribution in [0.25, 0.3) is 0 Å². The van der Waals surface area contributed by atoms with Gasteiger partial charge in [0, 0.05) is 24.2 Å². The first-order chi connectivity index (χ1) is 13.7. The van der Waals surface area contributed by atoms with Gasteiger partial charge in [-0.25, -0.2) is 13.6 Å². The normalized spacial score (nSPS) is 40.3. The van der Waals surface area contributed by atoms with Crippen molar-refractivity contribution >= 4 is 12.0 Å². The van der Waals surface area contributed by atoms with Crippen LogP contribution in [0.1, 0.15) is 44.6 Å². The number of benzene rings is 1. The first kappa shape index (κ1) is 18.8. The Balaban J connectivity index is 1.43. The second kappa shape index (κ2) is 6.16. The standard InChI is InChI=1S/C22H26F2N2O3/c1-21(16-4-3-15(23)7-17(16)24)11-26(20(28)25-21)18-13-5-12-6-14(18)10-22(8-12,9-13)19(27)29-2/h3-4,7,12-14,18H,5-6,8-11H2,1-2H3,(H,25,28). The van der Waals surface area contributed by atoms with Gasteiger partial charge in [0.25, 0.3) is 0 Å². The number of nitrogens with one attached hydrogen (secondary N) is 1. The van der Waals surface area contributed by atoms with Crippen molar-refractivity contribution in [2.45, 2.75) is 50.6 Å². The van der Waals surface area contributed by atoms with Crippen LogP contribution in [0.4, 0.5) is 13.6 Å². The number of ether oxygens (including phenoxy) is 1. The number of rotatable bonds is 3. The molecule has 6 rings (SSSR count). The van der Waals surface area contributed by atoms with Gasteiger partial charge in [-0.3, -0.25) is 4.79 Å². The molecule has 3 atom stereocenters. The van der Waals surface area contributed by atoms with Crippen LogP contribution in [0.3, 0.4) is 0 Å². The van der Waals surface area contributed by atoms with Crippen LogP contribution >= 0.6 is 0 Å². The lowest BCUT2D eigenvalue weighted by Gasteiger charge is -2.60. The number of amides is 2. The van der Waals surface area contributed by atoms with E-state index in [0.29, 0.717) is 18.0 Å². The molecule has 5 fully saturated rings. The summed E-state index contributed by atoms with van der Waals surface area (Å²) in [7, 11) is 1.45. The molecule has 1 saturated heterocycles. The molecule has 5 nitrogen and oxygen atoms in total. The van der Waals surface area contributed by atoms with E-state index >= 15 is 0 Å². The highest BCUT2D eigenvalue weighted by atomic mass is 19.1. The molecule has 2 amide bonds. The molecule has 0 radical (unpaired) electrons. The largest absolute Gasteiger partial charge is 0.469 e. The third-order valence-corrected chi connectivity index (χ3v) is 7.86. The van der Waals surface area contributed by atoms with Gasteiger partial charge < -0.3 is 15.0 Å². The predicted octanol–water partition coefficient (Wildman–Crippen LogP) is 3.57. The van der Waals surface area contributed by atoms with Gasteiger partial charge in [0.2, 0.25) is 0 Å². The SMILES string of the molecule is COC(=O)C12CC3CC(C1)C(N1CC(C)(c4ccc(F)cc4F)NC1=O)C(C3)C2. The second-order valence-electron chi connectivity index (χ2n) is 9.75. The topological polar surface area (TPSA) is 58.6 Å². The maximum atomic E-state index is 14.4. The molecule has 5 aliphatic rings. The van der Waals surface area contributed by atoms with Crippen LogP contribution in [0, 0.1) is 34.8 Å². The molecule has 1 heterocycles. The molecule has 4 aliphatic carbocycles. The number of carbonyl (C=O) groups excluding carboxylic acids is 2. The van der Waals surface area contributed by atoms with Crippen LogP contribution in [0.15, 0.2) is 18.2 Å². The van der Waals surface area contributed by atoms with E-state index in [1.807, 2.05) is 4.90 Å². The maximum absolute atomic E-state index is 14.4. The Morgan fingerprint density at radius 3 is 2.52 bits per heavy atom. The van der Waals surface area contributed by atoms with Crippen molar-refractivity contribution in [2.24, 2.45) is 23.2 Å². The van der Waals surface area contributed by atoms with E-state index in [1.165, 1.54) is 19.2 Å². The fourth-order valence-electron chi connectivity index (χ4n) is 7.06. The van der Waals surface area contributed by atoms with Gasteiger partial charge in [-0.1, -0.05) is 6.07 Å². The average Bonchev–Trinajstić information content (AvgIpc) is 2.95. The van der Waals surface area contributed by atoms with Crippen molar-refractivity contribution in [1.29, 1.82) is 0 Å². The minimum Gasteiger partial charge on any atom is -0.469 e. The lowest BCUT2D eigenvalue weighted by molar-refractivity contribution is -0.174. The zero-order valence-electron chi connectivity index (χ0n) is 16.7. The summed E-state index contributed by atoms with van der Waals surface area (Å²) in [6.45, 7) is 2.12. The Hall–Kier alpha value is -2.18. The van der Waals surface area contributed by atoms with Gasteiger partial charge in [-0.15, -0.1) is 0 Å². The van der Waals surface area contributed by atoms with Crippen molar-refractivity contribution in [3.63, 3.8) is 0 Å². The number of nitrogens with zero attached hydrogens (tertiary/aromatic N) is 1. The van der Waals surface area contributed by atoms with Gasteiger partial charge in [0.05, 0.1) is 18.1 Å². The maximum Gasteiger partial charge on any atom is 0.318 e. The van der Waals surface area contributed by atoms with Crippen LogP contribution in [-0.4, -0.2) is 36.6 Å². The number of urea groups is 1. The molecular formula is C22H26F2N2O3. The predicted molar refractivity (Wildman–Crippen MR) is 101 cm³/mol. The molecule has 1 aromatic carbocycles. The molecular weight excluding hydrogens is 378 g/mol. The van der Waals surface area contributed by atoms with Crippen LogP contribution in [0.2, 0.25) is 0 Å². The van der Waals surface area contributed by atoms with Crippen molar-refractivity contribution in [3.8, 4) is 0 Å². The monoisotopic (exact) mass is 404 g/mol. The zero-order valence-corrected chi connectivity index (χ0v) is 16.7. The average molecular weight is 404 g/mol. The Bertz CT molecular complexity index is 875. The molecule has 0 aromatic heterocycles. The molecule has 1 N–H and O–H groups in total. The van der Waals surface area contributed by atoms with E-state index in [2.05, 4.69) is 5.32 Å². The number of halogens is 2. The highest BCUT2D eigenvalue weighted by Gasteiger charge is 2.62. The van der Waals surface area contributed by atoms with Gasteiger partial charge >= 0.3 is 12.0 Å². The molecule has 29 heavy (non-hydrogen) atoms. The minimum absolute atomic E-state index is 0.0506. The van der Waals surface area contributed by atoms with Gasteiger partial charge in [-0.05, 0) is 62.8 Å². The molecule has 1 aliphatic heterocycles. The number of esters is 1. The summed E-state index contributed by atoms with van der Waals surface area (Å²) in [5, 5.41) is 2.94. The minimum atomic E-state index is -0.913. The summed E-state index contributed by atoms with van der Waals surface area (Å²) in [6, 6.07) is 3.34. The Kier molecular flexibility index (Phi) is 4.00. The quantitative estimate of drug-likeness (QED) is 0.784. The van der Waals surface area contributed by atoms with Gasteiger partial charge in [0.1, 0.15) is 11.6 Å². The fourth-order valence-corrected chi connectivity index (χ4v) is 7.06. The number of methoxy groups -OCH3 is 1. The molecule has 1 aromatic rings. The summed E-state index contributed by atoms with van der Waals surface area (Å²) >= 11 is 0. The number of hydrogen-bond donors (Lipinski definition) is 1. The Morgan fingerprint density at radius 1 is 1.21 bits per heavy atom. The molecule has 3 unspecified atom stereocenters. The molecule has 4 bridgehead atoms. The second-order valence-corrected chi connectivity index (χ2v) is 9.75. The third-order valence-electron chi connectivity index (χ3n) is 7.86. The van der Waals surface area contributed by atoms with E-state index in [1.54, 1.807) is 6.92 Å². The van der Waals surface area contributed by atoms with Gasteiger partial charge in [0.15, 0.2) is 0 Å². The van der Waals surface area contributed by atoms with Crippen LogP contribution < -0.4 is 5.32 Å². The van der Waals surface area contributed by atoms with Crippen LogP contribution in [-0.2, 0) is 15.1 Å². The number of carbonyl (C=O) groups is 2. The Morgan fingerprint density at radius 2 is 1.90 bits per heavy atom. The van der Waals surface area contributed by atoms with Crippen molar-refractivity contribution in [2.75, 3.05) is 13.7 Å².